The Morgan fingerprint density at radius 3 is 2.00 bits per heavy atom. The van der Waals surface area contributed by atoms with E-state index in [0.29, 0.717) is 0 Å². The van der Waals surface area contributed by atoms with Crippen molar-refractivity contribution in [2.75, 3.05) is 6.73 Å². The Morgan fingerprint density at radius 1 is 1.11 bits per heavy atom. The molecule has 0 aromatic carbocycles. The van der Waals surface area contributed by atoms with Gasteiger partial charge in [-0.05, 0) is 38.9 Å². The number of amides is 1. The molecule has 0 fully saturated rings. The monoisotopic (exact) mass is 276 g/mol. The zero-order chi connectivity index (χ0) is 14.6. The number of carbonyl (C=O) groups excluding carboxylic acids is 1. The molecule has 18 heavy (non-hydrogen) atoms. The zero-order valence-corrected chi connectivity index (χ0v) is 13.9. The normalized spacial score (nSPS) is 13.3. The Kier molecular flexibility index (Phi) is 5.83. The molecular formula is C12H28N2O3Si. The van der Waals surface area contributed by atoms with Gasteiger partial charge in [-0.2, -0.15) is 0 Å². The molecule has 0 aliphatic rings. The van der Waals surface area contributed by atoms with E-state index in [2.05, 4.69) is 44.7 Å². The van der Waals surface area contributed by atoms with E-state index in [1.165, 1.54) is 0 Å². The second-order valence-electron chi connectivity index (χ2n) is 6.85. The van der Waals surface area contributed by atoms with E-state index in [4.69, 9.17) is 9.16 Å². The molecule has 5 nitrogen and oxygen atoms in total. The molecule has 1 amide bonds. The molecule has 0 radical (unpaired) electrons. The minimum atomic E-state index is -1.78. The fourth-order valence-corrected chi connectivity index (χ4v) is 1.71. The van der Waals surface area contributed by atoms with Gasteiger partial charge in [0.25, 0.3) is 0 Å². The summed E-state index contributed by atoms with van der Waals surface area (Å²) in [6.07, 6.45) is -0.499. The van der Waals surface area contributed by atoms with Gasteiger partial charge in [0, 0.05) is 0 Å². The summed E-state index contributed by atoms with van der Waals surface area (Å²) in [5.74, 6) is 0. The minimum absolute atomic E-state index is 0.153. The van der Waals surface area contributed by atoms with Gasteiger partial charge < -0.3 is 9.16 Å². The number of ether oxygens (including phenoxy) is 1. The molecule has 0 aliphatic carbocycles. The van der Waals surface area contributed by atoms with E-state index in [0.717, 1.165) is 0 Å². The Balaban J connectivity index is 3.92. The van der Waals surface area contributed by atoms with Gasteiger partial charge in [0.1, 0.15) is 12.3 Å². The predicted molar refractivity (Wildman–Crippen MR) is 75.7 cm³/mol. The summed E-state index contributed by atoms with van der Waals surface area (Å²) in [6, 6.07) is 0. The van der Waals surface area contributed by atoms with E-state index in [1.54, 1.807) is 0 Å². The molecule has 2 N–H and O–H groups in total. The van der Waals surface area contributed by atoms with Crippen LogP contribution < -0.4 is 10.9 Å². The number of rotatable bonds is 4. The second-order valence-corrected chi connectivity index (χ2v) is 11.7. The lowest BCUT2D eigenvalue weighted by atomic mass is 10.2. The first-order chi connectivity index (χ1) is 7.85. The van der Waals surface area contributed by atoms with E-state index >= 15 is 0 Å². The van der Waals surface area contributed by atoms with Crippen LogP contribution in [0.2, 0.25) is 18.1 Å². The van der Waals surface area contributed by atoms with Gasteiger partial charge in [0.05, 0.1) is 0 Å². The maximum Gasteiger partial charge on any atom is 0.422 e. The zero-order valence-electron chi connectivity index (χ0n) is 12.9. The molecule has 0 aliphatic heterocycles. The fraction of sp³-hybridized carbons (Fsp3) is 0.917. The maximum atomic E-state index is 11.3. The summed E-state index contributed by atoms with van der Waals surface area (Å²) >= 11 is 0. The minimum Gasteiger partial charge on any atom is -0.443 e. The molecule has 0 aromatic rings. The van der Waals surface area contributed by atoms with Gasteiger partial charge in [-0.3, -0.25) is 5.43 Å². The van der Waals surface area contributed by atoms with Crippen LogP contribution in [0, 0.1) is 0 Å². The van der Waals surface area contributed by atoms with Crippen LogP contribution in [0.3, 0.4) is 0 Å². The molecule has 0 aromatic heterocycles. The lowest BCUT2D eigenvalue weighted by Crippen LogP contribution is -2.47. The van der Waals surface area contributed by atoms with Gasteiger partial charge in [-0.15, -0.1) is 0 Å². The highest BCUT2D eigenvalue weighted by molar-refractivity contribution is 6.74. The number of hydrogen-bond acceptors (Lipinski definition) is 4. The average Bonchev–Trinajstić information content (AvgIpc) is 2.07. The molecule has 0 saturated heterocycles. The summed E-state index contributed by atoms with van der Waals surface area (Å²) in [5.41, 5.74) is 4.68. The van der Waals surface area contributed by atoms with Crippen LogP contribution in [0.15, 0.2) is 0 Å². The summed E-state index contributed by atoms with van der Waals surface area (Å²) < 4.78 is 10.9. The highest BCUT2D eigenvalue weighted by Crippen LogP contribution is 2.36. The first kappa shape index (κ1) is 17.4. The molecule has 0 heterocycles. The van der Waals surface area contributed by atoms with Crippen LogP contribution in [-0.4, -0.2) is 26.7 Å². The van der Waals surface area contributed by atoms with Gasteiger partial charge >= 0.3 is 6.09 Å². The Bertz CT molecular complexity index is 280. The third kappa shape index (κ3) is 6.98. The highest BCUT2D eigenvalue weighted by atomic mass is 28.4. The Morgan fingerprint density at radius 2 is 1.61 bits per heavy atom. The lowest BCUT2D eigenvalue weighted by molar-refractivity contribution is 0.0475. The highest BCUT2D eigenvalue weighted by Gasteiger charge is 2.36. The van der Waals surface area contributed by atoms with Crippen molar-refractivity contribution in [2.45, 2.75) is 65.3 Å². The third-order valence-corrected chi connectivity index (χ3v) is 7.38. The fourth-order valence-electron chi connectivity index (χ4n) is 0.845. The maximum absolute atomic E-state index is 11.3. The van der Waals surface area contributed by atoms with E-state index in [-0.39, 0.29) is 11.8 Å². The van der Waals surface area contributed by atoms with Crippen molar-refractivity contribution in [3.63, 3.8) is 0 Å². The summed E-state index contributed by atoms with van der Waals surface area (Å²) in [7, 11) is -1.78. The van der Waals surface area contributed by atoms with Gasteiger partial charge in [0.2, 0.25) is 0 Å². The van der Waals surface area contributed by atoms with Crippen molar-refractivity contribution >= 4 is 14.4 Å². The topological polar surface area (TPSA) is 59.6 Å². The second kappa shape index (κ2) is 6.03. The van der Waals surface area contributed by atoms with Crippen molar-refractivity contribution in [3.8, 4) is 0 Å². The summed E-state index contributed by atoms with van der Waals surface area (Å²) in [6.45, 7) is 16.6. The van der Waals surface area contributed by atoms with Crippen LogP contribution in [-0.2, 0) is 9.16 Å². The third-order valence-electron chi connectivity index (χ3n) is 2.90. The Hall–Kier alpha value is -0.593. The smallest absolute Gasteiger partial charge is 0.422 e. The number of hydrogen-bond donors (Lipinski definition) is 2. The quantitative estimate of drug-likeness (QED) is 0.359. The number of hydrazine groups is 1. The molecule has 0 spiro atoms. The summed E-state index contributed by atoms with van der Waals surface area (Å²) in [5, 5.41) is 0.153. The van der Waals surface area contributed by atoms with Crippen LogP contribution in [0.1, 0.15) is 41.5 Å². The van der Waals surface area contributed by atoms with E-state index in [1.807, 2.05) is 20.8 Å². The number of carbonyl (C=O) groups is 1. The first-order valence-corrected chi connectivity index (χ1v) is 9.12. The van der Waals surface area contributed by atoms with Crippen molar-refractivity contribution in [1.29, 1.82) is 0 Å². The molecule has 0 bridgehead atoms. The van der Waals surface area contributed by atoms with Crippen molar-refractivity contribution in [2.24, 2.45) is 0 Å². The SMILES string of the molecule is CC(C)(C)OC(=O)NNCO[Si](C)(C)C(C)(C)C. The van der Waals surface area contributed by atoms with E-state index < -0.39 is 20.0 Å². The molecule has 0 unspecified atom stereocenters. The largest absolute Gasteiger partial charge is 0.443 e. The van der Waals surface area contributed by atoms with Crippen LogP contribution in [0.5, 0.6) is 0 Å². The standard InChI is InChI=1S/C12H28N2O3Si/c1-11(2,3)17-10(15)14-13-9-16-18(7,8)12(4,5)6/h13H,9H2,1-8H3,(H,14,15). The van der Waals surface area contributed by atoms with Crippen molar-refractivity contribution in [3.05, 3.63) is 0 Å². The van der Waals surface area contributed by atoms with E-state index in [9.17, 15) is 4.79 Å². The van der Waals surface area contributed by atoms with Crippen molar-refractivity contribution < 1.29 is 14.0 Å². The Labute approximate surface area is 112 Å². The van der Waals surface area contributed by atoms with Crippen LogP contribution in [0.4, 0.5) is 4.79 Å². The number of nitrogens with one attached hydrogen (secondary N) is 2. The van der Waals surface area contributed by atoms with Crippen molar-refractivity contribution in [1.82, 2.24) is 10.9 Å². The predicted octanol–water partition coefficient (Wildman–Crippen LogP) is 3.00. The average molecular weight is 276 g/mol. The van der Waals surface area contributed by atoms with Crippen LogP contribution >= 0.6 is 0 Å². The summed E-state index contributed by atoms with van der Waals surface area (Å²) in [4.78, 5) is 11.3. The lowest BCUT2D eigenvalue weighted by Gasteiger charge is -2.36. The molecule has 108 valence electrons. The molecular weight excluding hydrogens is 248 g/mol. The van der Waals surface area contributed by atoms with Gasteiger partial charge in [0.15, 0.2) is 8.32 Å². The molecule has 0 atom stereocenters. The molecule has 0 rings (SSSR count). The molecule has 6 heteroatoms. The van der Waals surface area contributed by atoms with Gasteiger partial charge in [-0.1, -0.05) is 20.8 Å². The van der Waals surface area contributed by atoms with Gasteiger partial charge in [-0.25, -0.2) is 10.2 Å². The van der Waals surface area contributed by atoms with Crippen LogP contribution in [0.25, 0.3) is 0 Å². The first-order valence-electron chi connectivity index (χ1n) is 6.21. The molecule has 0 saturated carbocycles.